The van der Waals surface area contributed by atoms with Gasteiger partial charge in [0.2, 0.25) is 5.89 Å². The molecule has 0 saturated carbocycles. The molecule has 5 heteroatoms. The van der Waals surface area contributed by atoms with Crippen molar-refractivity contribution >= 4 is 11.7 Å². The van der Waals surface area contributed by atoms with Gasteiger partial charge in [-0.25, -0.2) is 0 Å². The van der Waals surface area contributed by atoms with Gasteiger partial charge in [0.15, 0.2) is 0 Å². The van der Waals surface area contributed by atoms with Crippen LogP contribution in [0.4, 0.5) is 11.7 Å². The van der Waals surface area contributed by atoms with Gasteiger partial charge in [0.05, 0.1) is 0 Å². The molecule has 0 spiro atoms. The summed E-state index contributed by atoms with van der Waals surface area (Å²) in [5, 5.41) is 7.90. The fourth-order valence-electron chi connectivity index (χ4n) is 1.32. The second kappa shape index (κ2) is 3.84. The van der Waals surface area contributed by atoms with Gasteiger partial charge in [-0.2, -0.15) is 0 Å². The third-order valence-electron chi connectivity index (χ3n) is 2.31. The van der Waals surface area contributed by atoms with E-state index < -0.39 is 0 Å². The Hall–Kier alpha value is -2.04. The monoisotopic (exact) mass is 218 g/mol. The predicted octanol–water partition coefficient (Wildman–Crippen LogP) is 1.69. The maximum Gasteiger partial charge on any atom is 0.317 e. The smallest absolute Gasteiger partial charge is 0.317 e. The van der Waals surface area contributed by atoms with Gasteiger partial charge in [-0.15, -0.1) is 5.10 Å². The van der Waals surface area contributed by atoms with E-state index in [0.717, 1.165) is 16.8 Å². The molecule has 0 aliphatic rings. The van der Waals surface area contributed by atoms with Gasteiger partial charge in [-0.1, -0.05) is 5.10 Å². The van der Waals surface area contributed by atoms with Crippen LogP contribution in [0.1, 0.15) is 5.56 Å². The standard InChI is InChI=1S/C11H14N4O/c1-7-6-8(4-5-9(7)12)10-13-14-11(16-10)15(2)3/h4-6H,12H2,1-3H3. The third kappa shape index (κ3) is 1.84. The lowest BCUT2D eigenvalue weighted by Crippen LogP contribution is -2.08. The molecule has 0 saturated heterocycles. The Morgan fingerprint density at radius 2 is 2.00 bits per heavy atom. The van der Waals surface area contributed by atoms with E-state index in [1.54, 1.807) is 4.90 Å². The lowest BCUT2D eigenvalue weighted by atomic mass is 10.1. The number of anilines is 2. The molecule has 0 radical (unpaired) electrons. The highest BCUT2D eigenvalue weighted by Crippen LogP contribution is 2.23. The maximum absolute atomic E-state index is 5.75. The molecule has 0 amide bonds. The van der Waals surface area contributed by atoms with Crippen LogP contribution in [0.15, 0.2) is 22.6 Å². The summed E-state index contributed by atoms with van der Waals surface area (Å²) in [6.45, 7) is 1.95. The number of nitrogen functional groups attached to an aromatic ring is 1. The third-order valence-corrected chi connectivity index (χ3v) is 2.31. The highest BCUT2D eigenvalue weighted by molar-refractivity contribution is 5.61. The zero-order chi connectivity index (χ0) is 11.7. The summed E-state index contributed by atoms with van der Waals surface area (Å²) >= 11 is 0. The van der Waals surface area contributed by atoms with Crippen LogP contribution in [0.3, 0.4) is 0 Å². The van der Waals surface area contributed by atoms with Crippen LogP contribution >= 0.6 is 0 Å². The van der Waals surface area contributed by atoms with Crippen molar-refractivity contribution in [2.45, 2.75) is 6.92 Å². The number of aromatic nitrogens is 2. The summed E-state index contributed by atoms with van der Waals surface area (Å²) in [7, 11) is 3.71. The maximum atomic E-state index is 5.75. The lowest BCUT2D eigenvalue weighted by Gasteiger charge is -2.03. The van der Waals surface area contributed by atoms with E-state index in [1.807, 2.05) is 39.2 Å². The first-order valence-corrected chi connectivity index (χ1v) is 4.95. The molecule has 1 heterocycles. The molecule has 0 aliphatic heterocycles. The second-order valence-corrected chi connectivity index (χ2v) is 3.86. The first kappa shape index (κ1) is 10.5. The molecule has 5 nitrogen and oxygen atoms in total. The highest BCUT2D eigenvalue weighted by atomic mass is 16.4. The molecule has 2 aromatic rings. The first-order chi connectivity index (χ1) is 7.58. The van der Waals surface area contributed by atoms with Gasteiger partial charge in [-0.05, 0) is 30.7 Å². The van der Waals surface area contributed by atoms with Crippen molar-refractivity contribution in [3.63, 3.8) is 0 Å². The van der Waals surface area contributed by atoms with Gasteiger partial charge >= 0.3 is 6.01 Å². The molecule has 0 bridgehead atoms. The number of benzene rings is 1. The molecule has 16 heavy (non-hydrogen) atoms. The van der Waals surface area contributed by atoms with Crippen molar-refractivity contribution in [1.29, 1.82) is 0 Å². The molecular formula is C11H14N4O. The number of nitrogens with zero attached hydrogens (tertiary/aromatic N) is 3. The van der Waals surface area contributed by atoms with E-state index >= 15 is 0 Å². The average molecular weight is 218 g/mol. The van der Waals surface area contributed by atoms with E-state index in [0.29, 0.717) is 11.9 Å². The Labute approximate surface area is 93.9 Å². The van der Waals surface area contributed by atoms with Gasteiger partial charge < -0.3 is 15.1 Å². The quantitative estimate of drug-likeness (QED) is 0.777. The van der Waals surface area contributed by atoms with Crippen molar-refractivity contribution in [1.82, 2.24) is 10.2 Å². The van der Waals surface area contributed by atoms with E-state index in [9.17, 15) is 0 Å². The molecule has 0 fully saturated rings. The number of rotatable bonds is 2. The highest BCUT2D eigenvalue weighted by Gasteiger charge is 2.10. The summed E-state index contributed by atoms with van der Waals surface area (Å²) in [5.41, 5.74) is 8.39. The molecule has 1 aromatic carbocycles. The van der Waals surface area contributed by atoms with Crippen LogP contribution in [0.5, 0.6) is 0 Å². The Morgan fingerprint density at radius 1 is 1.25 bits per heavy atom. The Balaban J connectivity index is 2.39. The summed E-state index contributed by atoms with van der Waals surface area (Å²) in [6, 6.07) is 6.13. The van der Waals surface area contributed by atoms with Crippen molar-refractivity contribution in [2.75, 3.05) is 24.7 Å². The molecule has 1 aromatic heterocycles. The average Bonchev–Trinajstić information content (AvgIpc) is 2.71. The number of hydrogen-bond acceptors (Lipinski definition) is 5. The first-order valence-electron chi connectivity index (χ1n) is 4.95. The summed E-state index contributed by atoms with van der Waals surface area (Å²) < 4.78 is 5.49. The minimum Gasteiger partial charge on any atom is -0.403 e. The fourth-order valence-corrected chi connectivity index (χ4v) is 1.32. The largest absolute Gasteiger partial charge is 0.403 e. The zero-order valence-corrected chi connectivity index (χ0v) is 9.56. The Morgan fingerprint density at radius 3 is 2.56 bits per heavy atom. The minimum atomic E-state index is 0.490. The van der Waals surface area contributed by atoms with E-state index in [1.165, 1.54) is 0 Å². The minimum absolute atomic E-state index is 0.490. The van der Waals surface area contributed by atoms with Crippen LogP contribution in [0, 0.1) is 6.92 Å². The number of hydrogen-bond donors (Lipinski definition) is 1. The van der Waals surface area contributed by atoms with Gasteiger partial charge in [0, 0.05) is 25.3 Å². The van der Waals surface area contributed by atoms with Gasteiger partial charge in [0.1, 0.15) is 0 Å². The lowest BCUT2D eigenvalue weighted by molar-refractivity contribution is 0.566. The summed E-state index contributed by atoms with van der Waals surface area (Å²) in [6.07, 6.45) is 0. The molecular weight excluding hydrogens is 204 g/mol. The fraction of sp³-hybridized carbons (Fsp3) is 0.273. The summed E-state index contributed by atoms with van der Waals surface area (Å²) in [5.74, 6) is 0.506. The van der Waals surface area contributed by atoms with Crippen molar-refractivity contribution in [2.24, 2.45) is 0 Å². The van der Waals surface area contributed by atoms with Crippen LogP contribution in [0.25, 0.3) is 11.5 Å². The second-order valence-electron chi connectivity index (χ2n) is 3.86. The molecule has 0 aliphatic carbocycles. The Kier molecular flexibility index (Phi) is 2.52. The summed E-state index contributed by atoms with van der Waals surface area (Å²) in [4.78, 5) is 1.76. The van der Waals surface area contributed by atoms with Crippen LogP contribution < -0.4 is 10.6 Å². The molecule has 84 valence electrons. The number of aryl methyl sites for hydroxylation is 1. The molecule has 0 atom stereocenters. The molecule has 2 N–H and O–H groups in total. The van der Waals surface area contributed by atoms with E-state index in [4.69, 9.17) is 10.2 Å². The number of nitrogens with two attached hydrogens (primary N) is 1. The van der Waals surface area contributed by atoms with Crippen molar-refractivity contribution in [3.05, 3.63) is 23.8 Å². The molecule has 2 rings (SSSR count). The topological polar surface area (TPSA) is 68.2 Å². The Bertz CT molecular complexity index is 504. The SMILES string of the molecule is Cc1cc(-c2nnc(N(C)C)o2)ccc1N. The zero-order valence-electron chi connectivity index (χ0n) is 9.56. The van der Waals surface area contributed by atoms with Gasteiger partial charge in [0.25, 0.3) is 0 Å². The van der Waals surface area contributed by atoms with Gasteiger partial charge in [-0.3, -0.25) is 0 Å². The van der Waals surface area contributed by atoms with E-state index in [2.05, 4.69) is 10.2 Å². The van der Waals surface area contributed by atoms with Crippen molar-refractivity contribution < 1.29 is 4.42 Å². The van der Waals surface area contributed by atoms with Crippen LogP contribution in [0.2, 0.25) is 0 Å². The normalized spacial score (nSPS) is 10.4. The van der Waals surface area contributed by atoms with E-state index in [-0.39, 0.29) is 0 Å². The van der Waals surface area contributed by atoms with Crippen molar-refractivity contribution in [3.8, 4) is 11.5 Å². The predicted molar refractivity (Wildman–Crippen MR) is 63.2 cm³/mol. The van der Waals surface area contributed by atoms with Crippen LogP contribution in [-0.2, 0) is 0 Å². The van der Waals surface area contributed by atoms with Crippen LogP contribution in [-0.4, -0.2) is 24.3 Å². The molecule has 0 unspecified atom stereocenters.